The van der Waals surface area contributed by atoms with Crippen LogP contribution in [0.5, 0.6) is 0 Å². The molecule has 0 bridgehead atoms. The van der Waals surface area contributed by atoms with E-state index in [2.05, 4.69) is 48.2 Å². The number of furan rings is 1. The second-order valence-corrected chi connectivity index (χ2v) is 10.5. The number of carbonyl (C=O) groups is 1. The van der Waals surface area contributed by atoms with Crippen molar-refractivity contribution in [2.24, 2.45) is 0 Å². The first-order valence-electron chi connectivity index (χ1n) is 12.9. The highest BCUT2D eigenvalue weighted by Gasteiger charge is 2.20. The van der Waals surface area contributed by atoms with E-state index in [9.17, 15) is 4.79 Å². The van der Waals surface area contributed by atoms with Gasteiger partial charge >= 0.3 is 0 Å². The number of fused-ring (bicyclic) bond motifs is 3. The maximum Gasteiger partial charge on any atom is 0.255 e. The summed E-state index contributed by atoms with van der Waals surface area (Å²) in [6.07, 6.45) is 3.24. The smallest absolute Gasteiger partial charge is 0.255 e. The molecule has 2 heterocycles. The van der Waals surface area contributed by atoms with E-state index in [-0.39, 0.29) is 11.3 Å². The van der Waals surface area contributed by atoms with Gasteiger partial charge in [0, 0.05) is 33.9 Å². The molecule has 1 amide bonds. The fraction of sp³-hybridized carbons (Fsp3) is 0.121. The molecule has 192 valence electrons. The molecular formula is C33H28N4O2. The second-order valence-electron chi connectivity index (χ2n) is 10.5. The molecule has 39 heavy (non-hydrogen) atoms. The minimum absolute atomic E-state index is 0.0348. The Morgan fingerprint density at radius 3 is 2.28 bits per heavy atom. The monoisotopic (exact) mass is 512 g/mol. The quantitative estimate of drug-likeness (QED) is 0.251. The molecule has 0 spiro atoms. The lowest BCUT2D eigenvalue weighted by atomic mass is 9.87. The number of hydrogen-bond donors (Lipinski definition) is 1. The standard InChI is InChI=1S/C33H28N4O2/c1-33(2,3)23-13-11-22(12-14-23)32(38)36-24-15-17-25(18-16-24)37(30-19-20-34-21-35-30)28-9-6-8-27-26-7-4-5-10-29(26)39-31(27)28/h4-21H,1-3H3,(H,36,38). The largest absolute Gasteiger partial charge is 0.454 e. The molecular weight excluding hydrogens is 484 g/mol. The SMILES string of the molecule is CC(C)(C)c1ccc(C(=O)Nc2ccc(N(c3ccncn3)c3cccc4c3oc3ccccc34)cc2)cc1. The van der Waals surface area contributed by atoms with Crippen LogP contribution in [0.3, 0.4) is 0 Å². The van der Waals surface area contributed by atoms with Crippen LogP contribution in [0.25, 0.3) is 21.9 Å². The van der Waals surface area contributed by atoms with Crippen molar-refractivity contribution in [3.05, 3.63) is 121 Å². The van der Waals surface area contributed by atoms with E-state index in [1.54, 1.807) is 6.20 Å². The third kappa shape index (κ3) is 4.73. The first-order chi connectivity index (χ1) is 18.9. The lowest BCUT2D eigenvalue weighted by molar-refractivity contribution is 0.102. The molecule has 0 fully saturated rings. The van der Waals surface area contributed by atoms with Crippen LogP contribution in [-0.2, 0) is 5.41 Å². The Balaban J connectivity index is 1.34. The zero-order valence-corrected chi connectivity index (χ0v) is 22.1. The number of para-hydroxylation sites is 2. The predicted octanol–water partition coefficient (Wildman–Crippen LogP) is 8.40. The Morgan fingerprint density at radius 2 is 1.56 bits per heavy atom. The second kappa shape index (κ2) is 9.72. The predicted molar refractivity (Wildman–Crippen MR) is 157 cm³/mol. The highest BCUT2D eigenvalue weighted by atomic mass is 16.3. The topological polar surface area (TPSA) is 71.3 Å². The van der Waals surface area contributed by atoms with Gasteiger partial charge in [0.15, 0.2) is 5.58 Å². The number of rotatable bonds is 5. The number of anilines is 4. The van der Waals surface area contributed by atoms with Gasteiger partial charge in [0.2, 0.25) is 0 Å². The number of carbonyl (C=O) groups excluding carboxylic acids is 1. The summed E-state index contributed by atoms with van der Waals surface area (Å²) in [5, 5.41) is 5.10. The van der Waals surface area contributed by atoms with E-state index in [4.69, 9.17) is 4.42 Å². The van der Waals surface area contributed by atoms with Crippen molar-refractivity contribution in [3.8, 4) is 0 Å². The highest BCUT2D eigenvalue weighted by Crippen LogP contribution is 2.41. The molecule has 0 saturated carbocycles. The van der Waals surface area contributed by atoms with Gasteiger partial charge in [-0.05, 0) is 65.6 Å². The number of amides is 1. The Kier molecular flexibility index (Phi) is 6.08. The van der Waals surface area contributed by atoms with Gasteiger partial charge in [-0.2, -0.15) is 0 Å². The van der Waals surface area contributed by atoms with E-state index in [1.807, 2.05) is 89.8 Å². The van der Waals surface area contributed by atoms with Crippen LogP contribution >= 0.6 is 0 Å². The summed E-state index contributed by atoms with van der Waals surface area (Å²) in [4.78, 5) is 23.6. The molecule has 0 saturated heterocycles. The van der Waals surface area contributed by atoms with E-state index >= 15 is 0 Å². The number of aromatic nitrogens is 2. The van der Waals surface area contributed by atoms with Gasteiger partial charge in [-0.25, -0.2) is 9.97 Å². The van der Waals surface area contributed by atoms with E-state index in [0.717, 1.165) is 33.3 Å². The Hall–Kier alpha value is -4.97. The van der Waals surface area contributed by atoms with Crippen molar-refractivity contribution in [1.29, 1.82) is 0 Å². The zero-order chi connectivity index (χ0) is 27.0. The summed E-state index contributed by atoms with van der Waals surface area (Å²) in [6, 6.07) is 31.5. The third-order valence-corrected chi connectivity index (χ3v) is 6.82. The van der Waals surface area contributed by atoms with Crippen molar-refractivity contribution in [3.63, 3.8) is 0 Å². The summed E-state index contributed by atoms with van der Waals surface area (Å²) in [7, 11) is 0. The zero-order valence-electron chi connectivity index (χ0n) is 22.1. The normalized spacial score (nSPS) is 11.6. The van der Waals surface area contributed by atoms with Crippen molar-refractivity contribution in [1.82, 2.24) is 9.97 Å². The van der Waals surface area contributed by atoms with Crippen LogP contribution in [0.2, 0.25) is 0 Å². The summed E-state index contributed by atoms with van der Waals surface area (Å²) < 4.78 is 6.32. The Morgan fingerprint density at radius 1 is 0.821 bits per heavy atom. The minimum atomic E-state index is -0.150. The van der Waals surface area contributed by atoms with Crippen LogP contribution in [0.1, 0.15) is 36.7 Å². The average molecular weight is 513 g/mol. The number of benzene rings is 4. The first kappa shape index (κ1) is 24.4. The van der Waals surface area contributed by atoms with Gasteiger partial charge in [-0.15, -0.1) is 0 Å². The Labute approximate surface area is 226 Å². The van der Waals surface area contributed by atoms with Gasteiger partial charge in [-0.3, -0.25) is 9.69 Å². The molecule has 4 aromatic carbocycles. The van der Waals surface area contributed by atoms with Crippen LogP contribution in [0.4, 0.5) is 22.9 Å². The molecule has 6 rings (SSSR count). The van der Waals surface area contributed by atoms with Crippen molar-refractivity contribution in [2.45, 2.75) is 26.2 Å². The Bertz CT molecular complexity index is 1770. The molecule has 2 aromatic heterocycles. The molecule has 0 atom stereocenters. The van der Waals surface area contributed by atoms with E-state index in [1.165, 1.54) is 11.9 Å². The molecule has 6 aromatic rings. The summed E-state index contributed by atoms with van der Waals surface area (Å²) in [5.74, 6) is 0.552. The summed E-state index contributed by atoms with van der Waals surface area (Å²) in [6.45, 7) is 6.47. The van der Waals surface area contributed by atoms with Crippen LogP contribution in [0, 0.1) is 0 Å². The van der Waals surface area contributed by atoms with Gasteiger partial charge < -0.3 is 9.73 Å². The summed E-state index contributed by atoms with van der Waals surface area (Å²) in [5.41, 5.74) is 5.87. The molecule has 6 nitrogen and oxygen atoms in total. The fourth-order valence-electron chi connectivity index (χ4n) is 4.74. The lowest BCUT2D eigenvalue weighted by Crippen LogP contribution is -2.15. The molecule has 1 N–H and O–H groups in total. The van der Waals surface area contributed by atoms with Crippen LogP contribution in [0.15, 0.2) is 114 Å². The van der Waals surface area contributed by atoms with Gasteiger partial charge in [0.05, 0.1) is 5.69 Å². The van der Waals surface area contributed by atoms with Crippen molar-refractivity contribution in [2.75, 3.05) is 10.2 Å². The maximum absolute atomic E-state index is 12.9. The highest BCUT2D eigenvalue weighted by molar-refractivity contribution is 6.10. The molecule has 0 aliphatic carbocycles. The van der Waals surface area contributed by atoms with Crippen LogP contribution < -0.4 is 10.2 Å². The number of hydrogen-bond acceptors (Lipinski definition) is 5. The van der Waals surface area contributed by atoms with E-state index < -0.39 is 0 Å². The molecule has 0 aliphatic rings. The maximum atomic E-state index is 12.9. The molecule has 6 heteroatoms. The number of nitrogens with zero attached hydrogens (tertiary/aromatic N) is 3. The van der Waals surface area contributed by atoms with E-state index in [0.29, 0.717) is 17.1 Å². The molecule has 0 radical (unpaired) electrons. The van der Waals surface area contributed by atoms with Crippen molar-refractivity contribution >= 4 is 50.7 Å². The molecule has 0 aliphatic heterocycles. The summed E-state index contributed by atoms with van der Waals surface area (Å²) >= 11 is 0. The van der Waals surface area contributed by atoms with Crippen molar-refractivity contribution < 1.29 is 9.21 Å². The first-order valence-corrected chi connectivity index (χ1v) is 12.9. The van der Waals surface area contributed by atoms with Gasteiger partial charge in [-0.1, -0.05) is 63.2 Å². The average Bonchev–Trinajstić information content (AvgIpc) is 3.34. The number of nitrogens with one attached hydrogen (secondary N) is 1. The fourth-order valence-corrected chi connectivity index (χ4v) is 4.74. The van der Waals surface area contributed by atoms with Crippen LogP contribution in [-0.4, -0.2) is 15.9 Å². The van der Waals surface area contributed by atoms with Gasteiger partial charge in [0.1, 0.15) is 17.7 Å². The molecule has 0 unspecified atom stereocenters. The minimum Gasteiger partial charge on any atom is -0.454 e. The van der Waals surface area contributed by atoms with Gasteiger partial charge in [0.25, 0.3) is 5.91 Å². The lowest BCUT2D eigenvalue weighted by Gasteiger charge is -2.24. The third-order valence-electron chi connectivity index (χ3n) is 6.82.